The zero-order valence-electron chi connectivity index (χ0n) is 13.6. The SMILES string of the molecule is CC(C)(c1ccccc1)c1nnc(Nc2ccc(C(F)(F)F)cc2)o1. The summed E-state index contributed by atoms with van der Waals surface area (Å²) in [5, 5.41) is 10.8. The monoisotopic (exact) mass is 347 g/mol. The summed E-state index contributed by atoms with van der Waals surface area (Å²) >= 11 is 0. The molecular weight excluding hydrogens is 331 g/mol. The predicted octanol–water partition coefficient (Wildman–Crippen LogP) is 5.16. The number of anilines is 2. The summed E-state index contributed by atoms with van der Waals surface area (Å²) in [7, 11) is 0. The fourth-order valence-corrected chi connectivity index (χ4v) is 2.37. The average Bonchev–Trinajstić information content (AvgIpc) is 3.05. The van der Waals surface area contributed by atoms with E-state index in [-0.39, 0.29) is 6.01 Å². The third-order valence-corrected chi connectivity index (χ3v) is 3.92. The number of hydrogen-bond acceptors (Lipinski definition) is 4. The highest BCUT2D eigenvalue weighted by Crippen LogP contribution is 2.32. The lowest BCUT2D eigenvalue weighted by atomic mass is 9.85. The minimum absolute atomic E-state index is 0.124. The van der Waals surface area contributed by atoms with Gasteiger partial charge in [-0.1, -0.05) is 35.4 Å². The Bertz CT molecular complexity index is 840. The number of nitrogens with zero attached hydrogens (tertiary/aromatic N) is 2. The second kappa shape index (κ2) is 6.23. The molecule has 1 heterocycles. The normalized spacial score (nSPS) is 12.2. The highest BCUT2D eigenvalue weighted by atomic mass is 19.4. The summed E-state index contributed by atoms with van der Waals surface area (Å²) in [4.78, 5) is 0. The first kappa shape index (κ1) is 17.0. The minimum atomic E-state index is -4.37. The van der Waals surface area contributed by atoms with Crippen LogP contribution in [0, 0.1) is 0 Å². The molecule has 0 unspecified atom stereocenters. The Morgan fingerprint density at radius 2 is 1.48 bits per heavy atom. The largest absolute Gasteiger partial charge is 0.416 e. The highest BCUT2D eigenvalue weighted by molar-refractivity contribution is 5.52. The first-order valence-electron chi connectivity index (χ1n) is 7.60. The lowest BCUT2D eigenvalue weighted by Gasteiger charge is -2.20. The molecule has 130 valence electrons. The molecule has 0 aliphatic heterocycles. The van der Waals surface area contributed by atoms with E-state index in [0.717, 1.165) is 17.7 Å². The highest BCUT2D eigenvalue weighted by Gasteiger charge is 2.31. The second-order valence-electron chi connectivity index (χ2n) is 6.10. The molecule has 1 aromatic heterocycles. The van der Waals surface area contributed by atoms with E-state index in [1.165, 1.54) is 12.1 Å². The Kier molecular flexibility index (Phi) is 4.24. The Morgan fingerprint density at radius 3 is 2.08 bits per heavy atom. The smallest absolute Gasteiger partial charge is 0.407 e. The molecule has 0 bridgehead atoms. The van der Waals surface area contributed by atoms with Gasteiger partial charge >= 0.3 is 12.2 Å². The van der Waals surface area contributed by atoms with Gasteiger partial charge in [-0.2, -0.15) is 13.2 Å². The van der Waals surface area contributed by atoms with Gasteiger partial charge in [0.15, 0.2) is 0 Å². The van der Waals surface area contributed by atoms with Gasteiger partial charge in [0.25, 0.3) is 0 Å². The van der Waals surface area contributed by atoms with E-state index in [1.54, 1.807) is 0 Å². The van der Waals surface area contributed by atoms with E-state index >= 15 is 0 Å². The van der Waals surface area contributed by atoms with Crippen molar-refractivity contribution in [1.29, 1.82) is 0 Å². The van der Waals surface area contributed by atoms with Gasteiger partial charge in [-0.25, -0.2) is 0 Å². The molecule has 2 aromatic carbocycles. The number of hydrogen-bond donors (Lipinski definition) is 1. The van der Waals surface area contributed by atoms with Crippen LogP contribution < -0.4 is 5.32 Å². The maximum atomic E-state index is 12.6. The van der Waals surface area contributed by atoms with Crippen LogP contribution in [0.25, 0.3) is 0 Å². The maximum absolute atomic E-state index is 12.6. The van der Waals surface area contributed by atoms with E-state index < -0.39 is 17.2 Å². The molecule has 1 N–H and O–H groups in total. The van der Waals surface area contributed by atoms with Crippen LogP contribution in [0.4, 0.5) is 24.9 Å². The second-order valence-corrected chi connectivity index (χ2v) is 6.10. The summed E-state index contributed by atoms with van der Waals surface area (Å²) in [6.45, 7) is 3.91. The number of alkyl halides is 3. The van der Waals surface area contributed by atoms with Gasteiger partial charge in [-0.3, -0.25) is 0 Å². The first-order valence-corrected chi connectivity index (χ1v) is 7.60. The van der Waals surface area contributed by atoms with Gasteiger partial charge in [0.1, 0.15) is 0 Å². The first-order chi connectivity index (χ1) is 11.8. The lowest BCUT2D eigenvalue weighted by molar-refractivity contribution is -0.137. The van der Waals surface area contributed by atoms with Gasteiger partial charge in [-0.15, -0.1) is 5.10 Å². The van der Waals surface area contributed by atoms with Crippen molar-refractivity contribution < 1.29 is 17.6 Å². The standard InChI is InChI=1S/C18H16F3N3O/c1-17(2,12-6-4-3-5-7-12)15-23-24-16(25-15)22-14-10-8-13(9-11-14)18(19,20)21/h3-11H,1-2H3,(H,22,24). The van der Waals surface area contributed by atoms with E-state index in [4.69, 9.17) is 4.42 Å². The van der Waals surface area contributed by atoms with Crippen LogP contribution >= 0.6 is 0 Å². The number of halogens is 3. The minimum Gasteiger partial charge on any atom is -0.407 e. The molecule has 0 aliphatic rings. The van der Waals surface area contributed by atoms with Crippen LogP contribution in [-0.2, 0) is 11.6 Å². The Balaban J connectivity index is 1.78. The molecular formula is C18H16F3N3O. The molecule has 0 saturated heterocycles. The zero-order valence-corrected chi connectivity index (χ0v) is 13.6. The van der Waals surface area contributed by atoms with Gasteiger partial charge in [0.05, 0.1) is 11.0 Å². The van der Waals surface area contributed by atoms with Gasteiger partial charge in [-0.05, 0) is 43.7 Å². The topological polar surface area (TPSA) is 51.0 Å². The predicted molar refractivity (Wildman–Crippen MR) is 87.6 cm³/mol. The molecule has 3 rings (SSSR count). The van der Waals surface area contributed by atoms with E-state index in [9.17, 15) is 13.2 Å². The van der Waals surface area contributed by atoms with Gasteiger partial charge < -0.3 is 9.73 Å². The number of benzene rings is 2. The molecule has 4 nitrogen and oxygen atoms in total. The van der Waals surface area contributed by atoms with E-state index in [0.29, 0.717) is 11.6 Å². The Morgan fingerprint density at radius 1 is 0.840 bits per heavy atom. The Labute approximate surface area is 142 Å². The molecule has 0 fully saturated rings. The van der Waals surface area contributed by atoms with Crippen molar-refractivity contribution in [3.05, 3.63) is 71.6 Å². The van der Waals surface area contributed by atoms with Crippen molar-refractivity contribution in [2.45, 2.75) is 25.4 Å². The van der Waals surface area contributed by atoms with Crippen LogP contribution in [0.5, 0.6) is 0 Å². The molecule has 0 spiro atoms. The number of aromatic nitrogens is 2. The molecule has 0 radical (unpaired) electrons. The van der Waals surface area contributed by atoms with Crippen LogP contribution in [0.3, 0.4) is 0 Å². The third kappa shape index (κ3) is 3.65. The summed E-state index contributed by atoms with van der Waals surface area (Å²) in [5.41, 5.74) is 0.240. The van der Waals surface area contributed by atoms with Crippen molar-refractivity contribution in [3.8, 4) is 0 Å². The van der Waals surface area contributed by atoms with Crippen LogP contribution in [-0.4, -0.2) is 10.2 Å². The van der Waals surface area contributed by atoms with Crippen molar-refractivity contribution in [3.63, 3.8) is 0 Å². The molecule has 25 heavy (non-hydrogen) atoms. The average molecular weight is 347 g/mol. The zero-order chi connectivity index (χ0) is 18.1. The summed E-state index contributed by atoms with van der Waals surface area (Å²) in [5.74, 6) is 0.410. The number of nitrogens with one attached hydrogen (secondary N) is 1. The molecule has 0 saturated carbocycles. The lowest BCUT2D eigenvalue weighted by Crippen LogP contribution is -2.19. The molecule has 0 atom stereocenters. The number of rotatable bonds is 4. The quantitative estimate of drug-likeness (QED) is 0.708. The summed E-state index contributed by atoms with van der Waals surface area (Å²) in [6.07, 6.45) is -4.37. The van der Waals surface area contributed by atoms with Crippen molar-refractivity contribution in [2.75, 3.05) is 5.32 Å². The molecule has 0 aliphatic carbocycles. The summed E-state index contributed by atoms with van der Waals surface area (Å²) < 4.78 is 43.4. The summed E-state index contributed by atoms with van der Waals surface area (Å²) in [6, 6.07) is 14.4. The molecule has 0 amide bonds. The van der Waals surface area contributed by atoms with Crippen LogP contribution in [0.1, 0.15) is 30.9 Å². The fourth-order valence-electron chi connectivity index (χ4n) is 2.37. The molecule has 7 heteroatoms. The van der Waals surface area contributed by atoms with Gasteiger partial charge in [0, 0.05) is 5.69 Å². The van der Waals surface area contributed by atoms with Crippen LogP contribution in [0.2, 0.25) is 0 Å². The fraction of sp³-hybridized carbons (Fsp3) is 0.222. The van der Waals surface area contributed by atoms with Gasteiger partial charge in [0.2, 0.25) is 5.89 Å². The van der Waals surface area contributed by atoms with E-state index in [2.05, 4.69) is 15.5 Å². The molecule has 3 aromatic rings. The van der Waals surface area contributed by atoms with Crippen molar-refractivity contribution >= 4 is 11.7 Å². The van der Waals surface area contributed by atoms with Crippen LogP contribution in [0.15, 0.2) is 59.0 Å². The Hall–Kier alpha value is -2.83. The third-order valence-electron chi connectivity index (χ3n) is 3.92. The maximum Gasteiger partial charge on any atom is 0.416 e. The van der Waals surface area contributed by atoms with Crippen molar-refractivity contribution in [1.82, 2.24) is 10.2 Å². The van der Waals surface area contributed by atoms with E-state index in [1.807, 2.05) is 44.2 Å². The van der Waals surface area contributed by atoms with Crippen molar-refractivity contribution in [2.24, 2.45) is 0 Å².